The van der Waals surface area contributed by atoms with Gasteiger partial charge in [0.15, 0.2) is 5.57 Å². The van der Waals surface area contributed by atoms with E-state index >= 15 is 0 Å². The molecule has 1 saturated heterocycles. The molecule has 1 amide bonds. The monoisotopic (exact) mass is 395 g/mol. The number of carbonyl (C=O) groups is 1. The van der Waals surface area contributed by atoms with Crippen molar-refractivity contribution in [3.63, 3.8) is 0 Å². The van der Waals surface area contributed by atoms with Crippen molar-refractivity contribution in [3.05, 3.63) is 67.6 Å². The average molecular weight is 395 g/mol. The second-order valence-corrected chi connectivity index (χ2v) is 7.46. The molecule has 0 bridgehead atoms. The Labute approximate surface area is 166 Å². The van der Waals surface area contributed by atoms with Crippen LogP contribution in [0.25, 0.3) is 11.6 Å². The topological polar surface area (TPSA) is 75.3 Å². The molecule has 1 aromatic heterocycles. The molecule has 7 heteroatoms. The summed E-state index contributed by atoms with van der Waals surface area (Å²) in [6.07, 6.45) is 3.37. The number of aromatic nitrogens is 1. The molecule has 6 nitrogen and oxygen atoms in total. The van der Waals surface area contributed by atoms with E-state index in [1.165, 1.54) is 4.57 Å². The Morgan fingerprint density at radius 3 is 2.79 bits per heavy atom. The maximum absolute atomic E-state index is 12.9. The van der Waals surface area contributed by atoms with E-state index in [-0.39, 0.29) is 23.6 Å². The van der Waals surface area contributed by atoms with Gasteiger partial charge in [-0.15, -0.1) is 17.9 Å². The number of aryl methyl sites for hydroxylation is 1. The van der Waals surface area contributed by atoms with Crippen LogP contribution >= 0.6 is 11.3 Å². The van der Waals surface area contributed by atoms with Crippen molar-refractivity contribution in [1.82, 2.24) is 9.47 Å². The van der Waals surface area contributed by atoms with Gasteiger partial charge in [0.1, 0.15) is 10.7 Å². The molecule has 3 rings (SSSR count). The number of amides is 1. The van der Waals surface area contributed by atoms with Crippen molar-refractivity contribution in [1.29, 1.82) is 5.26 Å². The first-order chi connectivity index (χ1) is 13.5. The molecule has 0 aliphatic carbocycles. The number of nitrogens with zero attached hydrogens (tertiary/aromatic N) is 3. The summed E-state index contributed by atoms with van der Waals surface area (Å²) in [5, 5.41) is 9.69. The van der Waals surface area contributed by atoms with Crippen LogP contribution in [0.5, 0.6) is 0 Å². The third-order valence-electron chi connectivity index (χ3n) is 4.40. The highest BCUT2D eigenvalue weighted by Gasteiger charge is 2.23. The van der Waals surface area contributed by atoms with Crippen LogP contribution in [0.2, 0.25) is 0 Å². The minimum Gasteiger partial charge on any atom is -0.378 e. The van der Waals surface area contributed by atoms with E-state index in [9.17, 15) is 14.9 Å². The normalized spacial score (nSPS) is 15.9. The smallest absolute Gasteiger partial charge is 0.269 e. The van der Waals surface area contributed by atoms with Crippen LogP contribution in [-0.2, 0) is 16.1 Å². The molecule has 0 atom stereocenters. The van der Waals surface area contributed by atoms with Crippen molar-refractivity contribution in [2.24, 2.45) is 0 Å². The molecule has 28 heavy (non-hydrogen) atoms. The molecule has 2 aromatic rings. The standard InChI is InChI=1S/C21H21N3O3S/c1-3-7-24-20(26)18(13-16-6-4-5-15(2)12-16)28-21(24)17(14-22)19(25)23-8-10-27-11-9-23/h3-6,12-13H,1,7-11H2,2H3. The molecular formula is C21H21N3O3S. The number of rotatable bonds is 4. The van der Waals surface area contributed by atoms with Crippen LogP contribution < -0.4 is 14.8 Å². The van der Waals surface area contributed by atoms with E-state index in [0.717, 1.165) is 22.5 Å². The van der Waals surface area contributed by atoms with Crippen molar-refractivity contribution < 1.29 is 9.53 Å². The lowest BCUT2D eigenvalue weighted by molar-refractivity contribution is -0.128. The zero-order valence-corrected chi connectivity index (χ0v) is 16.5. The van der Waals surface area contributed by atoms with E-state index in [4.69, 9.17) is 4.74 Å². The summed E-state index contributed by atoms with van der Waals surface area (Å²) in [7, 11) is 0. The fourth-order valence-electron chi connectivity index (χ4n) is 3.02. The number of thiazole rings is 1. The predicted molar refractivity (Wildman–Crippen MR) is 109 cm³/mol. The number of nitriles is 1. The molecule has 1 aliphatic rings. The van der Waals surface area contributed by atoms with Crippen molar-refractivity contribution >= 4 is 28.9 Å². The second kappa shape index (κ2) is 8.83. The molecule has 0 spiro atoms. The molecule has 2 heterocycles. The number of hydrogen-bond acceptors (Lipinski definition) is 5. The van der Waals surface area contributed by atoms with Crippen LogP contribution in [0, 0.1) is 18.3 Å². The van der Waals surface area contributed by atoms with Crippen molar-refractivity contribution in [2.75, 3.05) is 26.3 Å². The van der Waals surface area contributed by atoms with Crippen molar-refractivity contribution in [2.45, 2.75) is 13.5 Å². The van der Waals surface area contributed by atoms with E-state index in [1.807, 2.05) is 37.3 Å². The Hall–Kier alpha value is -2.95. The number of allylic oxidation sites excluding steroid dienone is 1. The van der Waals surface area contributed by atoms with Gasteiger partial charge >= 0.3 is 0 Å². The fraction of sp³-hybridized carbons (Fsp3) is 0.286. The van der Waals surface area contributed by atoms with Gasteiger partial charge in [-0.3, -0.25) is 14.2 Å². The van der Waals surface area contributed by atoms with Crippen LogP contribution in [0.3, 0.4) is 0 Å². The highest BCUT2D eigenvalue weighted by Crippen LogP contribution is 2.06. The molecule has 144 valence electrons. The Morgan fingerprint density at radius 2 is 2.14 bits per heavy atom. The highest BCUT2D eigenvalue weighted by molar-refractivity contribution is 7.07. The van der Waals surface area contributed by atoms with Gasteiger partial charge < -0.3 is 9.64 Å². The SMILES string of the molecule is C=CCn1c(=C(C#N)C(=O)N2CCOCC2)sc(=Cc2cccc(C)c2)c1=O. The maximum Gasteiger partial charge on any atom is 0.269 e. The van der Waals surface area contributed by atoms with Gasteiger partial charge in [-0.25, -0.2) is 0 Å². The zero-order valence-electron chi connectivity index (χ0n) is 15.7. The molecule has 0 saturated carbocycles. The second-order valence-electron chi connectivity index (χ2n) is 6.43. The maximum atomic E-state index is 12.9. The fourth-order valence-corrected chi connectivity index (χ4v) is 4.13. The Morgan fingerprint density at radius 1 is 1.39 bits per heavy atom. The van der Waals surface area contributed by atoms with Crippen LogP contribution in [0.4, 0.5) is 0 Å². The van der Waals surface area contributed by atoms with E-state index in [0.29, 0.717) is 35.5 Å². The largest absolute Gasteiger partial charge is 0.378 e. The lowest BCUT2D eigenvalue weighted by atomic mass is 10.1. The summed E-state index contributed by atoms with van der Waals surface area (Å²) in [6.45, 7) is 7.66. The Balaban J connectivity index is 2.20. The van der Waals surface area contributed by atoms with Crippen LogP contribution in [0.15, 0.2) is 41.7 Å². The minimum absolute atomic E-state index is 0.0188. The lowest BCUT2D eigenvalue weighted by Gasteiger charge is -2.26. The minimum atomic E-state index is -0.369. The van der Waals surface area contributed by atoms with Crippen LogP contribution in [0.1, 0.15) is 11.1 Å². The van der Waals surface area contributed by atoms with E-state index in [1.54, 1.807) is 17.1 Å². The number of morpholine rings is 1. The zero-order chi connectivity index (χ0) is 20.1. The van der Waals surface area contributed by atoms with Gasteiger partial charge in [0, 0.05) is 19.6 Å². The van der Waals surface area contributed by atoms with Crippen molar-refractivity contribution in [3.8, 4) is 6.07 Å². The molecule has 0 N–H and O–H groups in total. The summed E-state index contributed by atoms with van der Waals surface area (Å²) < 4.78 is 7.55. The van der Waals surface area contributed by atoms with E-state index in [2.05, 4.69) is 6.58 Å². The molecule has 1 aliphatic heterocycles. The summed E-state index contributed by atoms with van der Waals surface area (Å²) in [5.74, 6) is -0.369. The van der Waals surface area contributed by atoms with Crippen LogP contribution in [-0.4, -0.2) is 41.7 Å². The molecule has 0 radical (unpaired) electrons. The number of carbonyl (C=O) groups excluding carboxylic acids is 1. The van der Waals surface area contributed by atoms with Gasteiger partial charge in [-0.1, -0.05) is 35.9 Å². The number of hydrogen-bond donors (Lipinski definition) is 0. The molecule has 1 aromatic carbocycles. The Bertz CT molecular complexity index is 1110. The average Bonchev–Trinajstić information content (AvgIpc) is 2.99. The summed E-state index contributed by atoms with van der Waals surface area (Å²) in [5.41, 5.74) is 1.73. The predicted octanol–water partition coefficient (Wildman–Crippen LogP) is 0.766. The van der Waals surface area contributed by atoms with Gasteiger partial charge in [-0.2, -0.15) is 5.26 Å². The van der Waals surface area contributed by atoms with Gasteiger partial charge in [-0.05, 0) is 18.6 Å². The first kappa shape index (κ1) is 19.8. The quantitative estimate of drug-likeness (QED) is 0.717. The van der Waals surface area contributed by atoms with E-state index < -0.39 is 0 Å². The lowest BCUT2D eigenvalue weighted by Crippen LogP contribution is -2.42. The van der Waals surface area contributed by atoms with Gasteiger partial charge in [0.25, 0.3) is 11.5 Å². The first-order valence-electron chi connectivity index (χ1n) is 8.95. The van der Waals surface area contributed by atoms with Gasteiger partial charge in [0.05, 0.1) is 17.7 Å². The number of ether oxygens (including phenoxy) is 1. The summed E-state index contributed by atoms with van der Waals surface area (Å²) in [4.78, 5) is 27.4. The summed E-state index contributed by atoms with van der Waals surface area (Å²) in [6, 6.07) is 9.81. The number of benzene rings is 1. The molecular weight excluding hydrogens is 374 g/mol. The first-order valence-corrected chi connectivity index (χ1v) is 9.77. The Kier molecular flexibility index (Phi) is 6.24. The summed E-state index contributed by atoms with van der Waals surface area (Å²) >= 11 is 1.16. The molecule has 0 unspecified atom stereocenters. The third kappa shape index (κ3) is 4.14. The third-order valence-corrected chi connectivity index (χ3v) is 5.53. The molecule has 1 fully saturated rings. The highest BCUT2D eigenvalue weighted by atomic mass is 32.1. The van der Waals surface area contributed by atoms with Gasteiger partial charge in [0.2, 0.25) is 0 Å².